The summed E-state index contributed by atoms with van der Waals surface area (Å²) in [5.74, 6) is 0. The summed E-state index contributed by atoms with van der Waals surface area (Å²) in [4.78, 5) is 7.46. The van der Waals surface area contributed by atoms with Crippen LogP contribution in [0.5, 0.6) is 0 Å². The number of nitrogens with one attached hydrogen (secondary N) is 2. The molecule has 0 spiro atoms. The van der Waals surface area contributed by atoms with Crippen molar-refractivity contribution >= 4 is 22.4 Å². The Labute approximate surface area is 113 Å². The number of piperidine rings is 1. The summed E-state index contributed by atoms with van der Waals surface area (Å²) in [5.41, 5.74) is 0. The van der Waals surface area contributed by atoms with Crippen LogP contribution in [0.1, 0.15) is 19.3 Å². The Kier molecular flexibility index (Phi) is 5.94. The van der Waals surface area contributed by atoms with Crippen molar-refractivity contribution in [1.82, 2.24) is 20.0 Å². The third-order valence-corrected chi connectivity index (χ3v) is 3.95. The first-order valence-corrected chi connectivity index (χ1v) is 7.17. The van der Waals surface area contributed by atoms with E-state index in [9.17, 15) is 8.42 Å². The quantitative estimate of drug-likeness (QED) is 0.781. The number of hydrogen-bond acceptors (Lipinski definition) is 5. The molecule has 0 saturated carbocycles. The van der Waals surface area contributed by atoms with Gasteiger partial charge in [-0.1, -0.05) is 6.42 Å². The monoisotopic (exact) mass is 292 g/mol. The van der Waals surface area contributed by atoms with Crippen LogP contribution in [0.3, 0.4) is 0 Å². The average Bonchev–Trinajstić information content (AvgIpc) is 2.39. The predicted molar refractivity (Wildman–Crippen MR) is 70.1 cm³/mol. The second-order valence-electron chi connectivity index (χ2n) is 4.03. The summed E-state index contributed by atoms with van der Waals surface area (Å²) in [6.45, 7) is 1.34. The van der Waals surface area contributed by atoms with Gasteiger partial charge in [0.05, 0.1) is 0 Å². The Hall–Kier alpha value is -0.760. The number of aromatic nitrogens is 2. The number of nitrogens with zero attached hydrogens (tertiary/aromatic N) is 2. The van der Waals surface area contributed by atoms with Crippen molar-refractivity contribution in [2.24, 2.45) is 0 Å². The van der Waals surface area contributed by atoms with Gasteiger partial charge >= 0.3 is 0 Å². The minimum atomic E-state index is -3.57. The molecule has 0 bridgehead atoms. The molecule has 1 aromatic heterocycles. The highest BCUT2D eigenvalue weighted by Crippen LogP contribution is 2.07. The maximum atomic E-state index is 11.8. The first-order valence-electron chi connectivity index (χ1n) is 5.68. The fraction of sp³-hybridized carbons (Fsp3) is 0.600. The van der Waals surface area contributed by atoms with Crippen LogP contribution in [0.2, 0.25) is 0 Å². The van der Waals surface area contributed by atoms with Gasteiger partial charge in [0.15, 0.2) is 0 Å². The fourth-order valence-electron chi connectivity index (χ4n) is 1.80. The molecule has 2 N–H and O–H groups in total. The summed E-state index contributed by atoms with van der Waals surface area (Å²) in [7, 11) is -3.57. The molecule has 1 atom stereocenters. The lowest BCUT2D eigenvalue weighted by Crippen LogP contribution is -2.43. The van der Waals surface area contributed by atoms with E-state index in [1.807, 2.05) is 0 Å². The summed E-state index contributed by atoms with van der Waals surface area (Å²) in [6.07, 6.45) is 6.13. The molecule has 0 aromatic carbocycles. The van der Waals surface area contributed by atoms with Crippen molar-refractivity contribution in [3.63, 3.8) is 0 Å². The predicted octanol–water partition coefficient (Wildman–Crippen LogP) is 0.319. The smallest absolute Gasteiger partial charge is 0.276 e. The molecule has 1 unspecified atom stereocenters. The van der Waals surface area contributed by atoms with E-state index in [1.165, 1.54) is 12.4 Å². The second kappa shape index (κ2) is 6.98. The van der Waals surface area contributed by atoms with Crippen LogP contribution in [0.4, 0.5) is 0 Å². The van der Waals surface area contributed by atoms with Crippen LogP contribution < -0.4 is 10.0 Å². The Morgan fingerprint density at radius 2 is 2.06 bits per heavy atom. The van der Waals surface area contributed by atoms with E-state index in [2.05, 4.69) is 20.0 Å². The lowest BCUT2D eigenvalue weighted by molar-refractivity contribution is 0.398. The van der Waals surface area contributed by atoms with Crippen LogP contribution in [-0.2, 0) is 10.0 Å². The lowest BCUT2D eigenvalue weighted by atomic mass is 10.1. The number of hydrogen-bond donors (Lipinski definition) is 2. The third-order valence-electron chi connectivity index (χ3n) is 2.71. The SMILES string of the molecule is Cl.O=S(=O)(NCC1CCCCN1)c1ncccn1. The van der Waals surface area contributed by atoms with Crippen molar-refractivity contribution in [2.75, 3.05) is 13.1 Å². The Bertz CT molecular complexity index is 448. The van der Waals surface area contributed by atoms with E-state index >= 15 is 0 Å². The fourth-order valence-corrected chi connectivity index (χ4v) is 2.75. The highest BCUT2D eigenvalue weighted by atomic mass is 35.5. The topological polar surface area (TPSA) is 84.0 Å². The van der Waals surface area contributed by atoms with Crippen molar-refractivity contribution in [2.45, 2.75) is 30.5 Å². The molecular weight excluding hydrogens is 276 g/mol. The molecule has 2 heterocycles. The summed E-state index contributed by atoms with van der Waals surface area (Å²) in [5, 5.41) is 3.10. The molecule has 102 valence electrons. The van der Waals surface area contributed by atoms with Crippen LogP contribution in [0, 0.1) is 0 Å². The van der Waals surface area contributed by atoms with Crippen molar-refractivity contribution in [3.8, 4) is 0 Å². The van der Waals surface area contributed by atoms with E-state index in [0.29, 0.717) is 6.54 Å². The van der Waals surface area contributed by atoms with E-state index in [1.54, 1.807) is 6.07 Å². The molecular formula is C10H17ClN4O2S. The molecule has 1 aromatic rings. The van der Waals surface area contributed by atoms with Crippen LogP contribution >= 0.6 is 12.4 Å². The molecule has 0 radical (unpaired) electrons. The van der Waals surface area contributed by atoms with Gasteiger partial charge in [0.1, 0.15) is 0 Å². The zero-order valence-electron chi connectivity index (χ0n) is 9.87. The van der Waals surface area contributed by atoms with Crippen molar-refractivity contribution in [1.29, 1.82) is 0 Å². The van der Waals surface area contributed by atoms with Gasteiger partial charge in [-0.15, -0.1) is 12.4 Å². The van der Waals surface area contributed by atoms with Crippen molar-refractivity contribution in [3.05, 3.63) is 18.5 Å². The Morgan fingerprint density at radius 1 is 1.33 bits per heavy atom. The van der Waals surface area contributed by atoms with Gasteiger partial charge in [0.2, 0.25) is 0 Å². The summed E-state index contributed by atoms with van der Waals surface area (Å²) < 4.78 is 26.2. The highest BCUT2D eigenvalue weighted by Gasteiger charge is 2.20. The summed E-state index contributed by atoms with van der Waals surface area (Å²) >= 11 is 0. The molecule has 0 aliphatic carbocycles. The van der Waals surface area contributed by atoms with Gasteiger partial charge in [0, 0.05) is 25.0 Å². The van der Waals surface area contributed by atoms with Crippen LogP contribution in [-0.4, -0.2) is 37.5 Å². The van der Waals surface area contributed by atoms with Crippen LogP contribution in [0.25, 0.3) is 0 Å². The minimum Gasteiger partial charge on any atom is -0.313 e. The van der Waals surface area contributed by atoms with Crippen molar-refractivity contribution < 1.29 is 8.42 Å². The summed E-state index contributed by atoms with van der Waals surface area (Å²) in [6, 6.07) is 1.80. The van der Waals surface area contributed by atoms with Gasteiger partial charge in [-0.05, 0) is 25.5 Å². The van der Waals surface area contributed by atoms with E-state index in [-0.39, 0.29) is 23.6 Å². The largest absolute Gasteiger partial charge is 0.313 e. The zero-order valence-corrected chi connectivity index (χ0v) is 11.5. The zero-order chi connectivity index (χ0) is 12.1. The average molecular weight is 293 g/mol. The first-order chi connectivity index (χ1) is 8.18. The number of rotatable bonds is 4. The Balaban J connectivity index is 0.00000162. The molecule has 6 nitrogen and oxygen atoms in total. The molecule has 1 aliphatic rings. The van der Waals surface area contributed by atoms with E-state index in [4.69, 9.17) is 0 Å². The maximum Gasteiger partial charge on any atom is 0.276 e. The van der Waals surface area contributed by atoms with Gasteiger partial charge in [-0.3, -0.25) is 0 Å². The third kappa shape index (κ3) is 4.16. The molecule has 8 heteroatoms. The molecule has 0 amide bonds. The van der Waals surface area contributed by atoms with Gasteiger partial charge < -0.3 is 5.32 Å². The molecule has 2 rings (SSSR count). The normalized spacial score (nSPS) is 20.1. The number of sulfonamides is 1. The van der Waals surface area contributed by atoms with Gasteiger partial charge in [0.25, 0.3) is 15.2 Å². The lowest BCUT2D eigenvalue weighted by Gasteiger charge is -2.23. The van der Waals surface area contributed by atoms with E-state index in [0.717, 1.165) is 25.8 Å². The molecule has 1 aliphatic heterocycles. The molecule has 1 fully saturated rings. The first kappa shape index (κ1) is 15.3. The van der Waals surface area contributed by atoms with Crippen LogP contribution in [0.15, 0.2) is 23.6 Å². The molecule has 1 saturated heterocycles. The van der Waals surface area contributed by atoms with Gasteiger partial charge in [-0.25, -0.2) is 23.1 Å². The van der Waals surface area contributed by atoms with E-state index < -0.39 is 10.0 Å². The minimum absolute atomic E-state index is 0. The van der Waals surface area contributed by atoms with Gasteiger partial charge in [-0.2, -0.15) is 0 Å². The second-order valence-corrected chi connectivity index (χ2v) is 5.69. The maximum absolute atomic E-state index is 11.8. The standard InChI is InChI=1S/C10H16N4O2S.ClH/c15-17(16,10-12-6-3-7-13-10)14-8-9-4-1-2-5-11-9;/h3,6-7,9,11,14H,1-2,4-5,8H2;1H. The number of halogens is 1. The Morgan fingerprint density at radius 3 is 2.67 bits per heavy atom. The highest BCUT2D eigenvalue weighted by molar-refractivity contribution is 7.89. The molecule has 18 heavy (non-hydrogen) atoms.